The van der Waals surface area contributed by atoms with Gasteiger partial charge >= 0.3 is 0 Å². The van der Waals surface area contributed by atoms with Crippen LogP contribution in [0.25, 0.3) is 11.3 Å². The summed E-state index contributed by atoms with van der Waals surface area (Å²) in [5.41, 5.74) is 7.11. The largest absolute Gasteiger partial charge is 0.367 e. The molecule has 1 fully saturated rings. The van der Waals surface area contributed by atoms with Crippen LogP contribution >= 0.6 is 22.9 Å². The van der Waals surface area contributed by atoms with Crippen LogP contribution in [0.2, 0.25) is 5.02 Å². The number of amides is 1. The predicted molar refractivity (Wildman–Crippen MR) is 93.7 cm³/mol. The van der Waals surface area contributed by atoms with Crippen LogP contribution in [0.5, 0.6) is 0 Å². The van der Waals surface area contributed by atoms with E-state index in [2.05, 4.69) is 4.98 Å². The van der Waals surface area contributed by atoms with Crippen molar-refractivity contribution >= 4 is 28.8 Å². The molecule has 0 radical (unpaired) electrons. The van der Waals surface area contributed by atoms with Gasteiger partial charge in [0.1, 0.15) is 11.1 Å². The van der Waals surface area contributed by atoms with Gasteiger partial charge in [0.15, 0.2) is 0 Å². The van der Waals surface area contributed by atoms with E-state index in [0.29, 0.717) is 10.0 Å². The summed E-state index contributed by atoms with van der Waals surface area (Å²) in [7, 11) is 0. The van der Waals surface area contributed by atoms with Gasteiger partial charge in [-0.15, -0.1) is 11.3 Å². The Morgan fingerprint density at radius 2 is 1.88 bits per heavy atom. The van der Waals surface area contributed by atoms with Crippen LogP contribution in [-0.2, 0) is 15.1 Å². The van der Waals surface area contributed by atoms with Crippen molar-refractivity contribution in [3.8, 4) is 11.3 Å². The van der Waals surface area contributed by atoms with E-state index >= 15 is 0 Å². The number of carbonyl (C=O) groups is 1. The zero-order valence-corrected chi connectivity index (χ0v) is 14.1. The number of primary amides is 1. The highest BCUT2D eigenvalue weighted by Crippen LogP contribution is 2.57. The third-order valence-electron chi connectivity index (χ3n) is 4.05. The molecule has 120 valence electrons. The van der Waals surface area contributed by atoms with Crippen LogP contribution < -0.4 is 5.73 Å². The van der Waals surface area contributed by atoms with Gasteiger partial charge in [0.25, 0.3) is 5.91 Å². The van der Waals surface area contributed by atoms with Gasteiger partial charge in [0.05, 0.1) is 5.69 Å². The van der Waals surface area contributed by atoms with E-state index in [9.17, 15) is 4.79 Å². The Morgan fingerprint density at radius 1 is 1.17 bits per heavy atom. The van der Waals surface area contributed by atoms with Gasteiger partial charge in [0, 0.05) is 16.0 Å². The normalized spacial score (nSPS) is 22.3. The molecule has 1 amide bonds. The summed E-state index contributed by atoms with van der Waals surface area (Å²) >= 11 is 7.30. The van der Waals surface area contributed by atoms with Gasteiger partial charge in [0.2, 0.25) is 5.60 Å². The fourth-order valence-electron chi connectivity index (χ4n) is 2.73. The summed E-state index contributed by atoms with van der Waals surface area (Å²) in [6.45, 7) is 0. The molecular weight excluding hydrogens is 344 g/mol. The third-order valence-corrected chi connectivity index (χ3v) is 5.26. The molecular formula is C18H13ClN2O2S. The van der Waals surface area contributed by atoms with E-state index in [1.54, 1.807) is 12.1 Å². The Hall–Kier alpha value is -2.21. The molecule has 6 heteroatoms. The highest BCUT2D eigenvalue weighted by atomic mass is 35.5. The zero-order valence-electron chi connectivity index (χ0n) is 12.5. The average Bonchev–Trinajstić information content (AvgIpc) is 3.17. The number of rotatable bonds is 4. The first-order valence-corrected chi connectivity index (χ1v) is 8.61. The number of benzene rings is 2. The van der Waals surface area contributed by atoms with Crippen molar-refractivity contribution in [1.82, 2.24) is 4.98 Å². The molecule has 1 aliphatic heterocycles. The molecule has 1 saturated heterocycles. The SMILES string of the molecule is NC(=O)C1(c2nc(-c3ccccc3)cs2)OC1c1ccc(Cl)cc1. The van der Waals surface area contributed by atoms with E-state index in [1.807, 2.05) is 47.8 Å². The first kappa shape index (κ1) is 15.3. The number of nitrogens with two attached hydrogens (primary N) is 1. The van der Waals surface area contributed by atoms with Crippen molar-refractivity contribution in [1.29, 1.82) is 0 Å². The van der Waals surface area contributed by atoms with Crippen molar-refractivity contribution in [3.05, 3.63) is 75.6 Å². The molecule has 24 heavy (non-hydrogen) atoms. The van der Waals surface area contributed by atoms with Crippen LogP contribution in [-0.4, -0.2) is 10.9 Å². The Labute approximate surface area is 147 Å². The molecule has 2 atom stereocenters. The summed E-state index contributed by atoms with van der Waals surface area (Å²) in [5.74, 6) is -0.531. The smallest absolute Gasteiger partial charge is 0.260 e. The van der Waals surface area contributed by atoms with Crippen molar-refractivity contribution in [2.75, 3.05) is 0 Å². The average molecular weight is 357 g/mol. The maximum Gasteiger partial charge on any atom is 0.260 e. The highest BCUT2D eigenvalue weighted by Gasteiger charge is 2.65. The van der Waals surface area contributed by atoms with Crippen LogP contribution in [0.4, 0.5) is 0 Å². The fraction of sp³-hybridized carbons (Fsp3) is 0.111. The summed E-state index contributed by atoms with van der Waals surface area (Å²) in [6.07, 6.45) is -0.429. The van der Waals surface area contributed by atoms with Gasteiger partial charge < -0.3 is 10.5 Å². The van der Waals surface area contributed by atoms with Gasteiger partial charge in [-0.05, 0) is 17.7 Å². The lowest BCUT2D eigenvalue weighted by molar-refractivity contribution is -0.123. The molecule has 2 heterocycles. The number of hydrogen-bond acceptors (Lipinski definition) is 4. The molecule has 2 N–H and O–H groups in total. The topological polar surface area (TPSA) is 68.5 Å². The highest BCUT2D eigenvalue weighted by molar-refractivity contribution is 7.10. The number of thiazole rings is 1. The van der Waals surface area contributed by atoms with Gasteiger partial charge in [-0.3, -0.25) is 4.79 Å². The minimum Gasteiger partial charge on any atom is -0.367 e. The fourth-order valence-corrected chi connectivity index (χ4v) is 3.85. The Balaban J connectivity index is 1.70. The predicted octanol–water partition coefficient (Wildman–Crippen LogP) is 3.92. The lowest BCUT2D eigenvalue weighted by Gasteiger charge is -2.05. The summed E-state index contributed by atoms with van der Waals surface area (Å²) in [6, 6.07) is 17.0. The van der Waals surface area contributed by atoms with Crippen LogP contribution in [0.1, 0.15) is 16.7 Å². The summed E-state index contributed by atoms with van der Waals surface area (Å²) < 4.78 is 5.76. The van der Waals surface area contributed by atoms with E-state index in [0.717, 1.165) is 16.8 Å². The summed E-state index contributed by atoms with van der Waals surface area (Å²) in [5, 5.41) is 3.12. The second-order valence-electron chi connectivity index (χ2n) is 5.55. The number of halogens is 1. The first-order chi connectivity index (χ1) is 11.6. The van der Waals surface area contributed by atoms with Crippen LogP contribution in [0.3, 0.4) is 0 Å². The number of nitrogens with zero attached hydrogens (tertiary/aromatic N) is 1. The van der Waals surface area contributed by atoms with Crippen LogP contribution in [0.15, 0.2) is 60.0 Å². The minimum absolute atomic E-state index is 0.429. The molecule has 2 unspecified atom stereocenters. The van der Waals surface area contributed by atoms with Gasteiger partial charge in [-0.2, -0.15) is 0 Å². The second kappa shape index (κ2) is 5.70. The standard InChI is InChI=1S/C18H13ClN2O2S/c19-13-8-6-12(7-9-13)15-18(23-15,16(20)22)17-21-14(10-24-17)11-4-2-1-3-5-11/h1-10,15H,(H2,20,22). The van der Waals surface area contributed by atoms with Crippen molar-refractivity contribution in [2.24, 2.45) is 5.73 Å². The minimum atomic E-state index is -1.19. The third kappa shape index (κ3) is 2.41. The molecule has 0 aliphatic carbocycles. The monoisotopic (exact) mass is 356 g/mol. The quantitative estimate of drug-likeness (QED) is 0.720. The van der Waals surface area contributed by atoms with E-state index < -0.39 is 17.6 Å². The van der Waals surface area contributed by atoms with Crippen molar-refractivity contribution in [3.63, 3.8) is 0 Å². The van der Waals surface area contributed by atoms with Crippen molar-refractivity contribution < 1.29 is 9.53 Å². The lowest BCUT2D eigenvalue weighted by Crippen LogP contribution is -2.30. The van der Waals surface area contributed by atoms with Crippen molar-refractivity contribution in [2.45, 2.75) is 11.7 Å². The Kier molecular flexibility index (Phi) is 3.64. The van der Waals surface area contributed by atoms with Gasteiger partial charge in [-0.25, -0.2) is 4.98 Å². The Morgan fingerprint density at radius 3 is 2.54 bits per heavy atom. The lowest BCUT2D eigenvalue weighted by atomic mass is 9.99. The van der Waals surface area contributed by atoms with Gasteiger partial charge in [-0.1, -0.05) is 54.1 Å². The van der Waals surface area contributed by atoms with E-state index in [1.165, 1.54) is 11.3 Å². The number of carbonyl (C=O) groups excluding carboxylic acids is 1. The molecule has 1 aromatic heterocycles. The molecule has 0 spiro atoms. The van der Waals surface area contributed by atoms with E-state index in [-0.39, 0.29) is 0 Å². The zero-order chi connectivity index (χ0) is 16.7. The molecule has 0 saturated carbocycles. The second-order valence-corrected chi connectivity index (χ2v) is 6.85. The molecule has 4 nitrogen and oxygen atoms in total. The number of aromatic nitrogens is 1. The molecule has 3 aromatic rings. The summed E-state index contributed by atoms with van der Waals surface area (Å²) in [4.78, 5) is 16.7. The number of hydrogen-bond donors (Lipinski definition) is 1. The van der Waals surface area contributed by atoms with E-state index in [4.69, 9.17) is 22.1 Å². The number of ether oxygens (including phenoxy) is 1. The molecule has 2 aromatic carbocycles. The first-order valence-electron chi connectivity index (χ1n) is 7.36. The maximum atomic E-state index is 12.1. The van der Waals surface area contributed by atoms with Crippen LogP contribution in [0, 0.1) is 0 Å². The number of epoxide rings is 1. The molecule has 4 rings (SSSR count). The molecule has 0 bridgehead atoms. The molecule has 1 aliphatic rings. The Bertz CT molecular complexity index is 895. The maximum absolute atomic E-state index is 12.1.